The van der Waals surface area contributed by atoms with Gasteiger partial charge in [-0.05, 0) is 123 Å². The summed E-state index contributed by atoms with van der Waals surface area (Å²) >= 11 is 1.00. The maximum absolute atomic E-state index is 15.0. The number of hydroxylamine groups is 1. The molecule has 2 saturated heterocycles. The van der Waals surface area contributed by atoms with E-state index in [1.807, 2.05) is 43.3 Å². The number of piperazine rings is 1. The number of halogens is 2. The van der Waals surface area contributed by atoms with Gasteiger partial charge in [0, 0.05) is 99.9 Å². The zero-order valence-corrected chi connectivity index (χ0v) is 47.5. The summed E-state index contributed by atoms with van der Waals surface area (Å²) < 4.78 is 51.0. The van der Waals surface area contributed by atoms with Gasteiger partial charge in [0.2, 0.25) is 0 Å². The van der Waals surface area contributed by atoms with Crippen LogP contribution in [0.3, 0.4) is 0 Å². The number of piperidine rings is 1. The molecule has 4 aliphatic rings. The van der Waals surface area contributed by atoms with E-state index in [0.717, 1.165) is 107 Å². The van der Waals surface area contributed by atoms with Gasteiger partial charge in [0.15, 0.2) is 17.1 Å². The van der Waals surface area contributed by atoms with Gasteiger partial charge in [-0.1, -0.05) is 56.8 Å². The van der Waals surface area contributed by atoms with Crippen LogP contribution in [0.25, 0.3) is 16.7 Å². The summed E-state index contributed by atoms with van der Waals surface area (Å²) in [5.41, 5.74) is 6.31. The third-order valence-electron chi connectivity index (χ3n) is 17.3. The lowest BCUT2D eigenvalue weighted by molar-refractivity contribution is -0.750. The van der Waals surface area contributed by atoms with Crippen molar-refractivity contribution in [2.75, 3.05) is 63.6 Å². The first kappa shape index (κ1) is 56.1. The van der Waals surface area contributed by atoms with E-state index >= 15 is 4.39 Å². The van der Waals surface area contributed by atoms with Crippen LogP contribution in [0.5, 0.6) is 23.1 Å². The lowest BCUT2D eigenvalue weighted by Gasteiger charge is -2.58. The minimum absolute atomic E-state index is 0.111. The number of methoxy groups -OCH3 is 1. The summed E-state index contributed by atoms with van der Waals surface area (Å²) in [6, 6.07) is 26.1. The molecule has 428 valence electrons. The smallest absolute Gasteiger partial charge is 0.265 e. The zero-order valence-electron chi connectivity index (χ0n) is 46.7. The molecule has 1 spiro atoms. The van der Waals surface area contributed by atoms with Crippen molar-refractivity contribution in [3.63, 3.8) is 0 Å². The number of hydrogen-bond acceptors (Lipinski definition) is 14. The van der Waals surface area contributed by atoms with Gasteiger partial charge in [-0.3, -0.25) is 19.3 Å². The number of ether oxygens (including phenoxy) is 3. The SMILES string of the molecule is C=CC(F)Oc1ccc(CN2CCN(C3CC4(CCN(c5ccc(C(=O)NSc6cc([NH+](C)[O-])c(NC[C@H]7CC[C@](C)(O)CC7)c7ncnn67)c(Oc6cc7c(F)c[nH]c7nc6OC)c5)CC4)C3)[C@H](c3ccccc3C(C)C)C2)cc1. The molecular weight excluding hydrogens is 1050 g/mol. The number of aliphatic hydroxyl groups is 1. The number of amides is 1. The number of aromatic nitrogens is 5. The average molecular weight is 1130 g/mol. The van der Waals surface area contributed by atoms with E-state index < -0.39 is 23.7 Å². The number of rotatable bonds is 19. The fourth-order valence-corrected chi connectivity index (χ4v) is 13.4. The molecule has 2 aliphatic heterocycles. The first-order chi connectivity index (χ1) is 39.1. The fraction of sp³-hybridized carbons (Fsp3) is 0.443. The zero-order chi connectivity index (χ0) is 56.6. The molecule has 7 aromatic rings. The molecule has 4 fully saturated rings. The molecule has 20 heteroatoms. The summed E-state index contributed by atoms with van der Waals surface area (Å²) in [5.74, 6) is 0.661. The molecule has 0 radical (unpaired) electrons. The third kappa shape index (κ3) is 12.1. The van der Waals surface area contributed by atoms with Gasteiger partial charge >= 0.3 is 0 Å². The normalized spacial score (nSPS) is 21.5. The molecule has 3 aromatic carbocycles. The van der Waals surface area contributed by atoms with Crippen LogP contribution < -0.4 is 34.2 Å². The van der Waals surface area contributed by atoms with Gasteiger partial charge in [0.05, 0.1) is 30.7 Å². The molecule has 6 heterocycles. The Balaban J connectivity index is 0.795. The van der Waals surface area contributed by atoms with E-state index in [9.17, 15) is 19.5 Å². The highest BCUT2D eigenvalue weighted by atomic mass is 32.2. The Morgan fingerprint density at radius 3 is 2.52 bits per heavy atom. The fourth-order valence-electron chi connectivity index (χ4n) is 12.7. The predicted octanol–water partition coefficient (Wildman–Crippen LogP) is 10.3. The van der Waals surface area contributed by atoms with E-state index in [1.165, 1.54) is 43.9 Å². The first-order valence-corrected chi connectivity index (χ1v) is 29.1. The van der Waals surface area contributed by atoms with Gasteiger partial charge in [-0.2, -0.15) is 14.5 Å². The van der Waals surface area contributed by atoms with Crippen molar-refractivity contribution in [1.29, 1.82) is 0 Å². The van der Waals surface area contributed by atoms with Crippen LogP contribution in [-0.4, -0.2) is 117 Å². The second-order valence-electron chi connectivity index (χ2n) is 23.2. The van der Waals surface area contributed by atoms with E-state index in [2.05, 4.69) is 89.5 Å². The van der Waals surface area contributed by atoms with Gasteiger partial charge < -0.3 is 44.8 Å². The van der Waals surface area contributed by atoms with Crippen LogP contribution in [0.1, 0.15) is 111 Å². The summed E-state index contributed by atoms with van der Waals surface area (Å²) in [7, 11) is 2.95. The standard InChI is InChI=1S/C61H73F2N11O6S/c1-7-53(63)79-43-15-12-40(13-16-43)35-71-26-27-73(50(36-71)45-11-9-8-10-44(45)38(2)3)42-31-61(32-42)22-24-72(25-23-61)41-14-17-46(51(28-41)80-52-29-47-48(62)34-65-56(47)68-59(52)78-6)58(75)69-81-54-30-49(70(5)77)55(57-66-37-67-74(54)57)64-33-39-18-20-60(4,76)21-19-39/h7-17,28-30,34,37-39,42,50,53,64,70,76H,1,18-27,31-33,35-36H2,2-6H3,(H,65,68)(H,69,75)/t39-,50-,53?,60-/m0/s1. The number of carbonyl (C=O) groups is 1. The molecule has 17 nitrogen and oxygen atoms in total. The summed E-state index contributed by atoms with van der Waals surface area (Å²) in [6.45, 7) is 15.7. The highest BCUT2D eigenvalue weighted by molar-refractivity contribution is 7.97. The van der Waals surface area contributed by atoms with Crippen LogP contribution in [0.4, 0.5) is 25.8 Å². The number of pyridine rings is 2. The van der Waals surface area contributed by atoms with E-state index in [1.54, 1.807) is 16.6 Å². The number of benzene rings is 3. The number of hydrogen-bond donors (Lipinski definition) is 5. The second-order valence-corrected chi connectivity index (χ2v) is 24.0. The van der Waals surface area contributed by atoms with Crippen molar-refractivity contribution < 1.29 is 38.0 Å². The molecule has 1 amide bonds. The van der Waals surface area contributed by atoms with Crippen molar-refractivity contribution in [3.8, 4) is 23.1 Å². The lowest BCUT2D eigenvalue weighted by Crippen LogP contribution is -2.98. The molecule has 2 aliphatic carbocycles. The Morgan fingerprint density at radius 2 is 1.79 bits per heavy atom. The number of nitrogens with one attached hydrogen (secondary N) is 4. The van der Waals surface area contributed by atoms with Gasteiger partial charge in [0.1, 0.15) is 40.0 Å². The lowest BCUT2D eigenvalue weighted by atomic mass is 9.59. The quantitative estimate of drug-likeness (QED) is 0.0293. The molecule has 0 bridgehead atoms. The van der Waals surface area contributed by atoms with Crippen molar-refractivity contribution in [2.45, 2.75) is 114 Å². The van der Waals surface area contributed by atoms with Crippen molar-refractivity contribution in [1.82, 2.24) is 39.1 Å². The molecule has 2 saturated carbocycles. The topological polar surface area (TPSA) is 185 Å². The number of aromatic amines is 1. The van der Waals surface area contributed by atoms with Crippen LogP contribution in [0.15, 0.2) is 109 Å². The van der Waals surface area contributed by atoms with Crippen molar-refractivity contribution >= 4 is 51.6 Å². The molecule has 2 unspecified atom stereocenters. The van der Waals surface area contributed by atoms with E-state index in [-0.39, 0.29) is 44.8 Å². The number of H-pyrrole nitrogens is 1. The molecule has 3 atom stereocenters. The minimum atomic E-state index is -1.54. The summed E-state index contributed by atoms with van der Waals surface area (Å²) in [6.07, 6.45) is 9.66. The maximum Gasteiger partial charge on any atom is 0.265 e. The Hall–Kier alpha value is -6.81. The second kappa shape index (κ2) is 23.6. The molecular formula is C61H73F2N11O6S. The molecule has 5 N–H and O–H groups in total. The number of alkyl halides is 1. The van der Waals surface area contributed by atoms with Gasteiger partial charge in [-0.15, -0.1) is 0 Å². The molecule has 11 rings (SSSR count). The van der Waals surface area contributed by atoms with Crippen LogP contribution in [0.2, 0.25) is 0 Å². The predicted molar refractivity (Wildman–Crippen MR) is 311 cm³/mol. The Bertz CT molecular complexity index is 3370. The van der Waals surface area contributed by atoms with Gasteiger partial charge in [-0.25, -0.2) is 13.9 Å². The Kier molecular flexibility index (Phi) is 16.3. The van der Waals surface area contributed by atoms with Gasteiger partial charge in [0.25, 0.3) is 18.1 Å². The summed E-state index contributed by atoms with van der Waals surface area (Å²) in [5, 5.41) is 32.2. The van der Waals surface area contributed by atoms with E-state index in [0.29, 0.717) is 70.7 Å². The number of quaternary nitrogens is 1. The Labute approximate surface area is 475 Å². The third-order valence-corrected chi connectivity index (χ3v) is 18.1. The number of carbonyl (C=O) groups excluding carboxylic acids is 1. The van der Waals surface area contributed by atoms with Crippen LogP contribution >= 0.6 is 11.9 Å². The number of nitrogens with zero attached hydrogens (tertiary/aromatic N) is 7. The molecule has 4 aromatic heterocycles. The van der Waals surface area contributed by atoms with Crippen LogP contribution in [0, 0.1) is 22.4 Å². The highest BCUT2D eigenvalue weighted by Gasteiger charge is 2.50. The van der Waals surface area contributed by atoms with Crippen LogP contribution in [-0.2, 0) is 6.54 Å². The molecule has 81 heavy (non-hydrogen) atoms. The monoisotopic (exact) mass is 1130 g/mol. The minimum Gasteiger partial charge on any atom is -0.629 e. The highest BCUT2D eigenvalue weighted by Crippen LogP contribution is 2.54. The maximum atomic E-state index is 15.0. The first-order valence-electron chi connectivity index (χ1n) is 28.2. The average Bonchev–Trinajstić information content (AvgIpc) is 4.16. The van der Waals surface area contributed by atoms with Crippen molar-refractivity contribution in [2.24, 2.45) is 11.3 Å². The number of anilines is 2. The van der Waals surface area contributed by atoms with Crippen molar-refractivity contribution in [3.05, 3.63) is 137 Å². The summed E-state index contributed by atoms with van der Waals surface area (Å²) in [4.78, 5) is 34.0. The number of fused-ring (bicyclic) bond motifs is 2. The Morgan fingerprint density at radius 1 is 1.02 bits per heavy atom. The largest absolute Gasteiger partial charge is 0.629 e. The van der Waals surface area contributed by atoms with E-state index in [4.69, 9.17) is 14.2 Å².